The molecule has 1 aromatic heterocycles. The molecule has 1 aliphatic rings. The Hall–Kier alpha value is -4.25. The molecular formula is C37H40F6N4O5S. The van der Waals surface area contributed by atoms with Gasteiger partial charge in [-0.1, -0.05) is 49.4 Å². The molecule has 1 saturated heterocycles. The number of aliphatic hydroxyl groups excluding tert-OH is 1. The molecule has 0 aliphatic carbocycles. The van der Waals surface area contributed by atoms with Crippen molar-refractivity contribution in [3.8, 4) is 17.0 Å². The van der Waals surface area contributed by atoms with Crippen molar-refractivity contribution in [2.75, 3.05) is 38.6 Å². The second-order valence-corrected chi connectivity index (χ2v) is 14.9. The minimum absolute atomic E-state index is 0.0223. The van der Waals surface area contributed by atoms with Crippen LogP contribution in [0.4, 0.5) is 26.3 Å². The molecule has 3 N–H and O–H groups in total. The molecule has 1 aliphatic heterocycles. The predicted octanol–water partition coefficient (Wildman–Crippen LogP) is 6.69. The zero-order valence-electron chi connectivity index (χ0n) is 29.0. The van der Waals surface area contributed by atoms with Gasteiger partial charge in [0.05, 0.1) is 41.3 Å². The van der Waals surface area contributed by atoms with Crippen LogP contribution in [0.5, 0.6) is 5.75 Å². The highest BCUT2D eigenvalue weighted by Crippen LogP contribution is 2.40. The smallest absolute Gasteiger partial charge is 0.416 e. The molecule has 1 amide bonds. The summed E-state index contributed by atoms with van der Waals surface area (Å²) in [7, 11) is -4.04. The maximum atomic E-state index is 14.6. The van der Waals surface area contributed by atoms with Gasteiger partial charge in [-0.25, -0.2) is 13.4 Å². The summed E-state index contributed by atoms with van der Waals surface area (Å²) in [6.45, 7) is 4.08. The van der Waals surface area contributed by atoms with Crippen molar-refractivity contribution in [1.82, 2.24) is 20.5 Å². The Morgan fingerprint density at radius 2 is 1.70 bits per heavy atom. The van der Waals surface area contributed by atoms with Crippen LogP contribution in [0.1, 0.15) is 59.8 Å². The molecule has 3 aromatic carbocycles. The summed E-state index contributed by atoms with van der Waals surface area (Å²) in [6, 6.07) is 10.9. The molecule has 2 heterocycles. The normalized spacial score (nSPS) is 15.4. The Morgan fingerprint density at radius 3 is 2.30 bits per heavy atom. The molecule has 1 unspecified atom stereocenters. The van der Waals surface area contributed by atoms with Gasteiger partial charge in [-0.15, -0.1) is 0 Å². The molecule has 0 spiro atoms. The summed E-state index contributed by atoms with van der Waals surface area (Å²) >= 11 is 0. The molecule has 1 fully saturated rings. The van der Waals surface area contributed by atoms with Crippen molar-refractivity contribution in [1.29, 1.82) is 0 Å². The third-order valence-electron chi connectivity index (χ3n) is 9.11. The summed E-state index contributed by atoms with van der Waals surface area (Å²) in [5, 5.41) is 14.5. The number of aliphatic hydroxyl groups is 1. The van der Waals surface area contributed by atoms with Crippen molar-refractivity contribution in [2.24, 2.45) is 0 Å². The molecule has 4 aromatic rings. The van der Waals surface area contributed by atoms with Crippen LogP contribution >= 0.6 is 0 Å². The van der Waals surface area contributed by atoms with Crippen LogP contribution in [0.25, 0.3) is 22.2 Å². The number of piperidine rings is 1. The van der Waals surface area contributed by atoms with Crippen molar-refractivity contribution < 1.29 is 49.4 Å². The Kier molecular flexibility index (Phi) is 12.4. The van der Waals surface area contributed by atoms with Crippen molar-refractivity contribution in [3.63, 3.8) is 0 Å². The van der Waals surface area contributed by atoms with Crippen LogP contribution in [-0.4, -0.2) is 80.1 Å². The second-order valence-electron chi connectivity index (χ2n) is 12.6. The van der Waals surface area contributed by atoms with Crippen molar-refractivity contribution >= 4 is 26.6 Å². The number of likely N-dealkylation sites (tertiary alicyclic amines) is 1. The van der Waals surface area contributed by atoms with Crippen LogP contribution in [0.3, 0.4) is 0 Å². The largest absolute Gasteiger partial charge is 0.492 e. The highest BCUT2D eigenvalue weighted by molar-refractivity contribution is 7.91. The first-order valence-electron chi connectivity index (χ1n) is 17.1. The van der Waals surface area contributed by atoms with Gasteiger partial charge in [-0.2, -0.15) is 26.3 Å². The number of rotatable bonds is 13. The minimum Gasteiger partial charge on any atom is -0.492 e. The van der Waals surface area contributed by atoms with E-state index in [1.54, 1.807) is 6.92 Å². The molecular weight excluding hydrogens is 726 g/mol. The topological polar surface area (TPSA) is 121 Å². The van der Waals surface area contributed by atoms with Crippen molar-refractivity contribution in [2.45, 2.75) is 62.6 Å². The molecule has 16 heteroatoms. The number of hydrogen-bond donors (Lipinski definition) is 3. The number of ether oxygens (including phenoxy) is 1. The Balaban J connectivity index is 1.81. The number of carbonyl (C=O) groups is 1. The average Bonchev–Trinajstić information content (AvgIpc) is 3.12. The number of amides is 1. The van der Waals surface area contributed by atoms with Crippen LogP contribution in [-0.2, 0) is 22.6 Å². The zero-order chi connectivity index (χ0) is 38.6. The number of nitrogens with zero attached hydrogens (tertiary/aromatic N) is 2. The van der Waals surface area contributed by atoms with E-state index in [0.29, 0.717) is 32.5 Å². The van der Waals surface area contributed by atoms with Gasteiger partial charge in [0.1, 0.15) is 10.6 Å². The SMILES string of the molecule is CCOc1cc2nc(-c3cccc(C(F)(F)F)c3)c(CN3CCC(NCCO)CC3)c(C(=O)NC(c3ccccc3)C(F)(F)F)c2cc1S(=O)(=O)CC. The number of halogens is 6. The number of fused-ring (bicyclic) bond motifs is 1. The number of nitrogens with one attached hydrogen (secondary N) is 2. The lowest BCUT2D eigenvalue weighted by Crippen LogP contribution is -2.43. The molecule has 0 saturated carbocycles. The fourth-order valence-corrected chi connectivity index (χ4v) is 7.50. The van der Waals surface area contributed by atoms with Gasteiger partial charge in [0.15, 0.2) is 15.9 Å². The standard InChI is InChI=1S/C37H40F6N4O5S/c1-3-52-30-21-29-27(20-31(30)53(50,51)4-2)32(35(49)46-34(37(41,42)43)23-9-6-5-7-10-23)28(22-47-16-13-26(14-17-47)44-15-18-48)33(45-29)24-11-8-12-25(19-24)36(38,39)40/h5-12,19-21,26,34,44,48H,3-4,13-18,22H2,1-2H3,(H,46,49). The number of carbonyl (C=O) groups excluding carboxylic acids is 1. The molecule has 286 valence electrons. The van der Waals surface area contributed by atoms with Gasteiger partial charge in [0.2, 0.25) is 0 Å². The van der Waals surface area contributed by atoms with Gasteiger partial charge in [0.25, 0.3) is 5.91 Å². The monoisotopic (exact) mass is 766 g/mol. The van der Waals surface area contributed by atoms with Gasteiger partial charge in [-0.3, -0.25) is 9.69 Å². The van der Waals surface area contributed by atoms with E-state index < -0.39 is 39.7 Å². The van der Waals surface area contributed by atoms with Crippen LogP contribution in [0, 0.1) is 0 Å². The summed E-state index contributed by atoms with van der Waals surface area (Å²) in [5.74, 6) is -1.72. The van der Waals surface area contributed by atoms with E-state index in [9.17, 15) is 44.7 Å². The number of alkyl halides is 6. The molecule has 1 atom stereocenters. The lowest BCUT2D eigenvalue weighted by Gasteiger charge is -2.33. The Labute approximate surface area is 303 Å². The first-order chi connectivity index (χ1) is 25.1. The Bertz CT molecular complexity index is 2020. The lowest BCUT2D eigenvalue weighted by atomic mass is 9.93. The third kappa shape index (κ3) is 9.28. The van der Waals surface area contributed by atoms with E-state index in [0.717, 1.165) is 18.2 Å². The third-order valence-corrected chi connectivity index (χ3v) is 10.9. The van der Waals surface area contributed by atoms with E-state index in [1.165, 1.54) is 55.5 Å². The number of aromatic nitrogens is 1. The molecule has 0 bridgehead atoms. The number of sulfone groups is 1. The van der Waals surface area contributed by atoms with Crippen LogP contribution in [0.15, 0.2) is 71.6 Å². The lowest BCUT2D eigenvalue weighted by molar-refractivity contribution is -0.155. The summed E-state index contributed by atoms with van der Waals surface area (Å²) in [5.41, 5.74) is -1.82. The fraction of sp³-hybridized carbons (Fsp3) is 0.405. The molecule has 5 rings (SSSR count). The number of pyridine rings is 1. The number of hydrogen-bond acceptors (Lipinski definition) is 8. The zero-order valence-corrected chi connectivity index (χ0v) is 29.8. The highest BCUT2D eigenvalue weighted by Gasteiger charge is 2.43. The quantitative estimate of drug-likeness (QED) is 0.129. The van der Waals surface area contributed by atoms with Gasteiger partial charge in [0, 0.05) is 41.7 Å². The molecule has 9 nitrogen and oxygen atoms in total. The predicted molar refractivity (Wildman–Crippen MR) is 187 cm³/mol. The summed E-state index contributed by atoms with van der Waals surface area (Å²) in [6.07, 6.45) is -8.52. The van der Waals surface area contributed by atoms with E-state index in [4.69, 9.17) is 9.72 Å². The second kappa shape index (κ2) is 16.4. The van der Waals surface area contributed by atoms with Crippen LogP contribution < -0.4 is 15.4 Å². The van der Waals surface area contributed by atoms with E-state index >= 15 is 0 Å². The Morgan fingerprint density at radius 1 is 1.00 bits per heavy atom. The highest BCUT2D eigenvalue weighted by atomic mass is 32.2. The first-order valence-corrected chi connectivity index (χ1v) is 18.8. The maximum Gasteiger partial charge on any atom is 0.416 e. The minimum atomic E-state index is -4.97. The van der Waals surface area contributed by atoms with E-state index in [1.807, 2.05) is 4.90 Å². The first kappa shape index (κ1) is 39.9. The van der Waals surface area contributed by atoms with Gasteiger partial charge < -0.3 is 20.5 Å². The maximum absolute atomic E-state index is 14.6. The molecule has 0 radical (unpaired) electrons. The van der Waals surface area contributed by atoms with Crippen molar-refractivity contribution in [3.05, 3.63) is 89.0 Å². The van der Waals surface area contributed by atoms with Gasteiger partial charge >= 0.3 is 12.4 Å². The van der Waals surface area contributed by atoms with E-state index in [-0.39, 0.29) is 81.0 Å². The number of benzene rings is 3. The summed E-state index contributed by atoms with van der Waals surface area (Å²) < 4.78 is 118. The molecule has 53 heavy (non-hydrogen) atoms. The van der Waals surface area contributed by atoms with E-state index in [2.05, 4.69) is 10.6 Å². The average molecular weight is 767 g/mol. The van der Waals surface area contributed by atoms with Crippen LogP contribution in [0.2, 0.25) is 0 Å². The summed E-state index contributed by atoms with van der Waals surface area (Å²) in [4.78, 5) is 20.8. The van der Waals surface area contributed by atoms with Gasteiger partial charge in [-0.05, 0) is 56.6 Å². The fourth-order valence-electron chi connectivity index (χ4n) is 6.46.